The van der Waals surface area contributed by atoms with E-state index in [1.54, 1.807) is 12.1 Å². The van der Waals surface area contributed by atoms with E-state index in [1.165, 1.54) is 0 Å². The lowest BCUT2D eigenvalue weighted by molar-refractivity contribution is -0.142. The number of fused-ring (bicyclic) bond motifs is 3. The average Bonchev–Trinajstić information content (AvgIpc) is 2.66. The van der Waals surface area contributed by atoms with E-state index in [4.69, 9.17) is 14.3 Å². The van der Waals surface area contributed by atoms with Crippen LogP contribution < -0.4 is 15.7 Å². The van der Waals surface area contributed by atoms with Gasteiger partial charge in [0.25, 0.3) is 5.91 Å². The Hall–Kier alpha value is -2.83. The van der Waals surface area contributed by atoms with Crippen LogP contribution in [0.5, 0.6) is 5.75 Å². The number of aliphatic carboxylic acids is 1. The Kier molecular flexibility index (Phi) is 5.78. The number of carboxylic acids is 1. The first-order valence-electron chi connectivity index (χ1n) is 9.23. The number of hydrogen-bond acceptors (Lipinski definition) is 5. The van der Waals surface area contributed by atoms with Crippen LogP contribution in [-0.4, -0.2) is 29.6 Å². The van der Waals surface area contributed by atoms with E-state index in [-0.39, 0.29) is 12.2 Å². The number of carbonyl (C=O) groups excluding carboxylic acids is 1. The molecule has 1 aliphatic carbocycles. The van der Waals surface area contributed by atoms with E-state index in [2.05, 4.69) is 5.32 Å². The smallest absolute Gasteiger partial charge is 0.339 e. The fourth-order valence-electron chi connectivity index (χ4n) is 3.45. The molecule has 2 aromatic rings. The van der Waals surface area contributed by atoms with Crippen molar-refractivity contribution in [3.05, 3.63) is 39.7 Å². The Bertz CT molecular complexity index is 917. The van der Waals surface area contributed by atoms with Gasteiger partial charge in [-0.2, -0.15) is 0 Å². The maximum atomic E-state index is 12.2. The molecule has 1 heterocycles. The van der Waals surface area contributed by atoms with E-state index >= 15 is 0 Å². The lowest BCUT2D eigenvalue weighted by Crippen LogP contribution is -2.42. The summed E-state index contributed by atoms with van der Waals surface area (Å²) in [5.41, 5.74) is 1.93. The van der Waals surface area contributed by atoms with Gasteiger partial charge in [-0.15, -0.1) is 0 Å². The monoisotopic (exact) mass is 373 g/mol. The summed E-state index contributed by atoms with van der Waals surface area (Å²) in [5, 5.41) is 12.4. The van der Waals surface area contributed by atoms with Crippen molar-refractivity contribution in [1.29, 1.82) is 0 Å². The quantitative estimate of drug-likeness (QED) is 0.722. The van der Waals surface area contributed by atoms with Crippen LogP contribution in [-0.2, 0) is 22.4 Å². The van der Waals surface area contributed by atoms with E-state index in [9.17, 15) is 14.4 Å². The van der Waals surface area contributed by atoms with Crippen molar-refractivity contribution in [1.82, 2.24) is 5.32 Å². The lowest BCUT2D eigenvalue weighted by Gasteiger charge is -2.16. The Morgan fingerprint density at radius 1 is 1.26 bits per heavy atom. The molecule has 2 N–H and O–H groups in total. The van der Waals surface area contributed by atoms with Crippen LogP contribution in [0.1, 0.15) is 43.7 Å². The maximum Gasteiger partial charge on any atom is 0.339 e. The summed E-state index contributed by atoms with van der Waals surface area (Å²) < 4.78 is 10.9. The molecule has 0 aliphatic heterocycles. The molecule has 1 unspecified atom stereocenters. The van der Waals surface area contributed by atoms with E-state index in [0.29, 0.717) is 24.2 Å². The third kappa shape index (κ3) is 4.30. The van der Waals surface area contributed by atoms with Gasteiger partial charge in [0.2, 0.25) is 0 Å². The Morgan fingerprint density at radius 2 is 2.00 bits per heavy atom. The van der Waals surface area contributed by atoms with Crippen LogP contribution in [0.15, 0.2) is 27.4 Å². The van der Waals surface area contributed by atoms with Gasteiger partial charge in [0.1, 0.15) is 17.4 Å². The fraction of sp³-hybridized carbons (Fsp3) is 0.450. The van der Waals surface area contributed by atoms with E-state index in [0.717, 1.165) is 42.2 Å². The molecule has 3 rings (SSSR count). The summed E-state index contributed by atoms with van der Waals surface area (Å²) in [6.45, 7) is 1.54. The number of benzene rings is 1. The van der Waals surface area contributed by atoms with Gasteiger partial charge in [-0.05, 0) is 49.8 Å². The zero-order valence-electron chi connectivity index (χ0n) is 15.2. The van der Waals surface area contributed by atoms with Crippen molar-refractivity contribution in [2.45, 2.75) is 51.5 Å². The van der Waals surface area contributed by atoms with Crippen molar-refractivity contribution in [3.63, 3.8) is 0 Å². The van der Waals surface area contributed by atoms with Gasteiger partial charge in [-0.25, -0.2) is 9.59 Å². The second-order valence-corrected chi connectivity index (χ2v) is 6.75. The van der Waals surface area contributed by atoms with Gasteiger partial charge in [-0.1, -0.05) is 13.3 Å². The van der Waals surface area contributed by atoms with E-state index < -0.39 is 17.9 Å². The highest BCUT2D eigenvalue weighted by molar-refractivity contribution is 5.85. The van der Waals surface area contributed by atoms with Gasteiger partial charge < -0.3 is 19.6 Å². The van der Waals surface area contributed by atoms with Crippen LogP contribution >= 0.6 is 0 Å². The lowest BCUT2D eigenvalue weighted by atomic mass is 9.91. The van der Waals surface area contributed by atoms with Crippen molar-refractivity contribution in [3.8, 4) is 5.75 Å². The van der Waals surface area contributed by atoms with Gasteiger partial charge in [-0.3, -0.25) is 4.79 Å². The molecule has 0 bridgehead atoms. The fourth-order valence-corrected chi connectivity index (χ4v) is 3.45. The highest BCUT2D eigenvalue weighted by Crippen LogP contribution is 2.29. The zero-order chi connectivity index (χ0) is 19.4. The molecule has 0 saturated carbocycles. The first-order valence-corrected chi connectivity index (χ1v) is 9.23. The topological polar surface area (TPSA) is 106 Å². The third-order valence-electron chi connectivity index (χ3n) is 4.78. The molecule has 1 atom stereocenters. The summed E-state index contributed by atoms with van der Waals surface area (Å²) in [6, 6.07) is 4.24. The molecule has 27 heavy (non-hydrogen) atoms. The van der Waals surface area contributed by atoms with Gasteiger partial charge in [0, 0.05) is 17.0 Å². The standard InChI is InChI=1S/C20H23NO6/c1-2-5-16(19(23)24)21-18(22)11-26-12-8-9-14-13-6-3-4-7-15(13)20(25)27-17(14)10-12/h8-10,16H,2-7,11H2,1H3,(H,21,22)(H,23,24). The van der Waals surface area contributed by atoms with Crippen LogP contribution in [0.25, 0.3) is 11.0 Å². The normalized spacial score (nSPS) is 14.4. The van der Waals surface area contributed by atoms with Gasteiger partial charge in [0.15, 0.2) is 6.61 Å². The molecule has 7 nitrogen and oxygen atoms in total. The summed E-state index contributed by atoms with van der Waals surface area (Å²) in [5.74, 6) is -1.19. The summed E-state index contributed by atoms with van der Waals surface area (Å²) >= 11 is 0. The number of hydrogen-bond donors (Lipinski definition) is 2. The molecule has 0 fully saturated rings. The predicted molar refractivity (Wildman–Crippen MR) is 99.1 cm³/mol. The number of ether oxygens (including phenoxy) is 1. The van der Waals surface area contributed by atoms with Crippen LogP contribution in [0.3, 0.4) is 0 Å². The van der Waals surface area contributed by atoms with Crippen LogP contribution in [0, 0.1) is 0 Å². The summed E-state index contributed by atoms with van der Waals surface area (Å²) in [4.78, 5) is 35.2. The highest BCUT2D eigenvalue weighted by Gasteiger charge is 2.20. The minimum atomic E-state index is -1.07. The molecule has 0 radical (unpaired) electrons. The number of aryl methyl sites for hydroxylation is 1. The molecular formula is C20H23NO6. The Labute approximate surface area is 156 Å². The zero-order valence-corrected chi connectivity index (χ0v) is 15.2. The number of amides is 1. The van der Waals surface area contributed by atoms with Gasteiger partial charge >= 0.3 is 11.6 Å². The molecule has 1 aliphatic rings. The Morgan fingerprint density at radius 3 is 2.70 bits per heavy atom. The first kappa shape index (κ1) is 18.9. The van der Waals surface area contributed by atoms with Gasteiger partial charge in [0.05, 0.1) is 0 Å². The number of nitrogens with one attached hydrogen (secondary N) is 1. The summed E-state index contributed by atoms with van der Waals surface area (Å²) in [6.07, 6.45) is 4.64. The van der Waals surface area contributed by atoms with Crippen molar-refractivity contribution < 1.29 is 23.8 Å². The van der Waals surface area contributed by atoms with E-state index in [1.807, 2.05) is 13.0 Å². The Balaban J connectivity index is 1.72. The molecular weight excluding hydrogens is 350 g/mol. The molecule has 1 amide bonds. The minimum Gasteiger partial charge on any atom is -0.484 e. The molecule has 0 saturated heterocycles. The largest absolute Gasteiger partial charge is 0.484 e. The molecule has 1 aromatic heterocycles. The number of rotatable bonds is 7. The third-order valence-corrected chi connectivity index (χ3v) is 4.78. The molecule has 7 heteroatoms. The average molecular weight is 373 g/mol. The second-order valence-electron chi connectivity index (χ2n) is 6.75. The minimum absolute atomic E-state index is 0.309. The number of carbonyl (C=O) groups is 2. The molecule has 144 valence electrons. The highest BCUT2D eigenvalue weighted by atomic mass is 16.5. The summed E-state index contributed by atoms with van der Waals surface area (Å²) in [7, 11) is 0. The van der Waals surface area contributed by atoms with Crippen molar-refractivity contribution in [2.24, 2.45) is 0 Å². The second kappa shape index (κ2) is 8.24. The van der Waals surface area contributed by atoms with Crippen molar-refractivity contribution >= 4 is 22.8 Å². The van der Waals surface area contributed by atoms with Crippen LogP contribution in [0.2, 0.25) is 0 Å². The maximum absolute atomic E-state index is 12.2. The first-order chi connectivity index (χ1) is 13.0. The SMILES string of the molecule is CCCC(NC(=O)COc1ccc2c3c(c(=O)oc2c1)CCCC3)C(=O)O. The predicted octanol–water partition coefficient (Wildman–Crippen LogP) is 2.42. The van der Waals surface area contributed by atoms with Crippen LogP contribution in [0.4, 0.5) is 0 Å². The molecule has 0 spiro atoms. The molecule has 1 aromatic carbocycles. The number of carboxylic acid groups (broad SMARTS) is 1. The van der Waals surface area contributed by atoms with Crippen molar-refractivity contribution in [2.75, 3.05) is 6.61 Å².